The van der Waals surface area contributed by atoms with Crippen molar-refractivity contribution in [3.05, 3.63) is 24.0 Å². The highest BCUT2D eigenvalue weighted by atomic mass is 19.4. The highest BCUT2D eigenvalue weighted by Crippen LogP contribution is 2.21. The summed E-state index contributed by atoms with van der Waals surface area (Å²) in [6, 6.07) is 2.35. The highest BCUT2D eigenvalue weighted by molar-refractivity contribution is 5.92. The van der Waals surface area contributed by atoms with Gasteiger partial charge in [0.15, 0.2) is 0 Å². The number of anilines is 1. The number of rotatable bonds is 4. The Bertz CT molecular complexity index is 460. The Morgan fingerprint density at radius 2 is 2.06 bits per heavy atom. The molecule has 1 heterocycles. The molecule has 5 nitrogen and oxygen atoms in total. The molecule has 0 spiro atoms. The molecule has 0 aromatic carbocycles. The molecule has 1 amide bonds. The lowest BCUT2D eigenvalue weighted by Gasteiger charge is -2.07. The average molecular weight is 262 g/mol. The smallest absolute Gasteiger partial charge is 0.389 e. The second-order valence-electron chi connectivity index (χ2n) is 3.40. The third-order valence-electron chi connectivity index (χ3n) is 1.90. The number of amides is 1. The molecule has 0 aliphatic heterocycles. The monoisotopic (exact) mass is 262 g/mol. The van der Waals surface area contributed by atoms with Gasteiger partial charge in [0.25, 0.3) is 0 Å². The van der Waals surface area contributed by atoms with E-state index in [1.165, 1.54) is 6.07 Å². The van der Waals surface area contributed by atoms with Crippen LogP contribution in [-0.4, -0.2) is 28.1 Å². The third-order valence-corrected chi connectivity index (χ3v) is 1.90. The van der Waals surface area contributed by atoms with Crippen LogP contribution in [0.25, 0.3) is 0 Å². The maximum atomic E-state index is 11.9. The van der Waals surface area contributed by atoms with Gasteiger partial charge in [0.05, 0.1) is 6.42 Å². The number of halogens is 3. The summed E-state index contributed by atoms with van der Waals surface area (Å²) >= 11 is 0. The van der Waals surface area contributed by atoms with Gasteiger partial charge in [0, 0.05) is 18.3 Å². The van der Waals surface area contributed by atoms with E-state index in [2.05, 4.69) is 10.3 Å². The molecule has 0 fully saturated rings. The topological polar surface area (TPSA) is 79.3 Å². The zero-order valence-corrected chi connectivity index (χ0v) is 8.99. The molecule has 98 valence electrons. The molecule has 0 radical (unpaired) electrons. The molecule has 0 unspecified atom stereocenters. The number of pyridine rings is 1. The van der Waals surface area contributed by atoms with Crippen molar-refractivity contribution < 1.29 is 27.9 Å². The maximum absolute atomic E-state index is 11.9. The Kier molecular flexibility index (Phi) is 4.24. The standard InChI is InChI=1S/C10H9F3N2O3/c11-10(12,13)3-1-8(16)15-6-2-4-14-7(5-6)9(17)18/h2,4-5H,1,3H2,(H,17,18)(H,14,15,16). The first-order valence-corrected chi connectivity index (χ1v) is 4.84. The molecule has 18 heavy (non-hydrogen) atoms. The van der Waals surface area contributed by atoms with Gasteiger partial charge in [-0.1, -0.05) is 0 Å². The fraction of sp³-hybridized carbons (Fsp3) is 0.300. The fourth-order valence-electron chi connectivity index (χ4n) is 1.10. The molecule has 1 rings (SSSR count). The molecular weight excluding hydrogens is 253 g/mol. The number of alkyl halides is 3. The summed E-state index contributed by atoms with van der Waals surface area (Å²) in [5.41, 5.74) is -0.210. The number of hydrogen-bond donors (Lipinski definition) is 2. The summed E-state index contributed by atoms with van der Waals surface area (Å²) in [5, 5.41) is 10.8. The Hall–Kier alpha value is -2.12. The molecule has 8 heteroatoms. The number of aromatic nitrogens is 1. The first-order chi connectivity index (χ1) is 8.28. The molecule has 0 aliphatic carbocycles. The minimum atomic E-state index is -4.40. The molecule has 0 atom stereocenters. The van der Waals surface area contributed by atoms with Crippen molar-refractivity contribution in [2.24, 2.45) is 0 Å². The Morgan fingerprint density at radius 1 is 1.39 bits per heavy atom. The van der Waals surface area contributed by atoms with Crippen molar-refractivity contribution in [1.82, 2.24) is 4.98 Å². The predicted molar refractivity (Wildman–Crippen MR) is 55.1 cm³/mol. The van der Waals surface area contributed by atoms with Gasteiger partial charge in [-0.05, 0) is 12.1 Å². The molecule has 0 saturated heterocycles. The second-order valence-corrected chi connectivity index (χ2v) is 3.40. The molecule has 1 aromatic heterocycles. The fourth-order valence-corrected chi connectivity index (χ4v) is 1.10. The van der Waals surface area contributed by atoms with Gasteiger partial charge >= 0.3 is 12.1 Å². The normalized spacial score (nSPS) is 11.1. The van der Waals surface area contributed by atoms with Gasteiger partial charge in [-0.25, -0.2) is 9.78 Å². The van der Waals surface area contributed by atoms with E-state index in [1.54, 1.807) is 0 Å². The largest absolute Gasteiger partial charge is 0.477 e. The summed E-state index contributed by atoms with van der Waals surface area (Å²) < 4.78 is 35.6. The Morgan fingerprint density at radius 3 is 2.61 bits per heavy atom. The lowest BCUT2D eigenvalue weighted by Crippen LogP contribution is -2.16. The molecule has 2 N–H and O–H groups in total. The maximum Gasteiger partial charge on any atom is 0.389 e. The first kappa shape index (κ1) is 13.9. The SMILES string of the molecule is O=C(CCC(F)(F)F)Nc1ccnc(C(=O)O)c1. The van der Waals surface area contributed by atoms with Crippen LogP contribution in [0.15, 0.2) is 18.3 Å². The third kappa shape index (κ3) is 4.81. The van der Waals surface area contributed by atoms with E-state index < -0.39 is 30.9 Å². The van der Waals surface area contributed by atoms with E-state index in [1.807, 2.05) is 0 Å². The molecule has 0 saturated carbocycles. The lowest BCUT2D eigenvalue weighted by molar-refractivity contribution is -0.142. The molecule has 1 aromatic rings. The van der Waals surface area contributed by atoms with Gasteiger partial charge in [0.1, 0.15) is 5.69 Å². The van der Waals surface area contributed by atoms with Crippen LogP contribution in [0, 0.1) is 0 Å². The van der Waals surface area contributed by atoms with Crippen LogP contribution in [-0.2, 0) is 4.79 Å². The van der Waals surface area contributed by atoms with Crippen molar-refractivity contribution in [1.29, 1.82) is 0 Å². The lowest BCUT2D eigenvalue weighted by atomic mass is 10.2. The minimum Gasteiger partial charge on any atom is -0.477 e. The summed E-state index contributed by atoms with van der Waals surface area (Å²) in [6.45, 7) is 0. The summed E-state index contributed by atoms with van der Waals surface area (Å²) in [5.74, 6) is -2.13. The Balaban J connectivity index is 2.59. The summed E-state index contributed by atoms with van der Waals surface area (Å²) in [7, 11) is 0. The van der Waals surface area contributed by atoms with Crippen LogP contribution in [0.4, 0.5) is 18.9 Å². The number of carboxylic acid groups (broad SMARTS) is 1. The zero-order valence-electron chi connectivity index (χ0n) is 8.99. The van der Waals surface area contributed by atoms with Gasteiger partial charge in [-0.15, -0.1) is 0 Å². The minimum absolute atomic E-state index is 0.0922. The van der Waals surface area contributed by atoms with E-state index >= 15 is 0 Å². The van der Waals surface area contributed by atoms with Crippen molar-refractivity contribution >= 4 is 17.6 Å². The van der Waals surface area contributed by atoms with Crippen molar-refractivity contribution in [3.63, 3.8) is 0 Å². The molecular formula is C10H9F3N2O3. The van der Waals surface area contributed by atoms with E-state index in [0.29, 0.717) is 0 Å². The number of carbonyl (C=O) groups is 2. The number of nitrogens with one attached hydrogen (secondary N) is 1. The average Bonchev–Trinajstić information content (AvgIpc) is 2.26. The molecule has 0 aliphatic rings. The van der Waals surface area contributed by atoms with Crippen LogP contribution in [0.2, 0.25) is 0 Å². The zero-order chi connectivity index (χ0) is 13.8. The number of carboxylic acids is 1. The van der Waals surface area contributed by atoms with Crippen molar-refractivity contribution in [2.75, 3.05) is 5.32 Å². The highest BCUT2D eigenvalue weighted by Gasteiger charge is 2.27. The number of nitrogens with zero attached hydrogens (tertiary/aromatic N) is 1. The van der Waals surface area contributed by atoms with E-state index in [4.69, 9.17) is 5.11 Å². The van der Waals surface area contributed by atoms with E-state index in [9.17, 15) is 22.8 Å². The van der Waals surface area contributed by atoms with Gasteiger partial charge in [-0.3, -0.25) is 4.79 Å². The van der Waals surface area contributed by atoms with Crippen LogP contribution in [0.1, 0.15) is 23.3 Å². The second kappa shape index (κ2) is 5.48. The van der Waals surface area contributed by atoms with Gasteiger partial charge in [0.2, 0.25) is 5.91 Å². The van der Waals surface area contributed by atoms with E-state index in [-0.39, 0.29) is 11.4 Å². The van der Waals surface area contributed by atoms with Crippen LogP contribution in [0.5, 0.6) is 0 Å². The summed E-state index contributed by atoms with van der Waals surface area (Å²) in [6.07, 6.45) is -5.20. The molecule has 0 bridgehead atoms. The van der Waals surface area contributed by atoms with Crippen molar-refractivity contribution in [3.8, 4) is 0 Å². The number of hydrogen-bond acceptors (Lipinski definition) is 3. The van der Waals surface area contributed by atoms with Gasteiger partial charge in [-0.2, -0.15) is 13.2 Å². The quantitative estimate of drug-likeness (QED) is 0.870. The number of aromatic carboxylic acids is 1. The predicted octanol–water partition coefficient (Wildman–Crippen LogP) is 2.06. The first-order valence-electron chi connectivity index (χ1n) is 4.84. The summed E-state index contributed by atoms with van der Waals surface area (Å²) in [4.78, 5) is 25.2. The van der Waals surface area contributed by atoms with Crippen molar-refractivity contribution in [2.45, 2.75) is 19.0 Å². The Labute approximate surface area is 99.6 Å². The van der Waals surface area contributed by atoms with Gasteiger partial charge < -0.3 is 10.4 Å². The van der Waals surface area contributed by atoms with Crippen LogP contribution < -0.4 is 5.32 Å². The van der Waals surface area contributed by atoms with Crippen LogP contribution in [0.3, 0.4) is 0 Å². The van der Waals surface area contributed by atoms with E-state index in [0.717, 1.165) is 12.3 Å². The number of carbonyl (C=O) groups excluding carboxylic acids is 1. The van der Waals surface area contributed by atoms with Crippen LogP contribution >= 0.6 is 0 Å².